The first-order valence-electron chi connectivity index (χ1n) is 7.44. The van der Waals surface area contributed by atoms with E-state index in [1.54, 1.807) is 0 Å². The molecule has 3 rings (SSSR count). The third kappa shape index (κ3) is 4.47. The third-order valence-electron chi connectivity index (χ3n) is 3.97. The molecule has 2 aromatic rings. The molecule has 0 saturated heterocycles. The molecule has 0 aliphatic heterocycles. The Bertz CT molecular complexity index is 573. The van der Waals surface area contributed by atoms with E-state index in [1.807, 2.05) is 24.3 Å². The first kappa shape index (κ1) is 14.9. The van der Waals surface area contributed by atoms with Gasteiger partial charge in [0.05, 0.1) is 0 Å². The molecule has 110 valence electrons. The molecule has 0 aromatic heterocycles. The molecule has 3 heteroatoms. The highest BCUT2D eigenvalue weighted by Crippen LogP contribution is 2.25. The molecule has 1 aliphatic carbocycles. The fourth-order valence-corrected chi connectivity index (χ4v) is 2.80. The van der Waals surface area contributed by atoms with Gasteiger partial charge in [-0.3, -0.25) is 0 Å². The molecule has 0 heterocycles. The molecule has 1 atom stereocenters. The summed E-state index contributed by atoms with van der Waals surface area (Å²) >= 11 is 12.0. The number of halogens is 2. The number of rotatable bonds is 6. The molecule has 1 unspecified atom stereocenters. The average molecular weight is 320 g/mol. The quantitative estimate of drug-likeness (QED) is 0.783. The Morgan fingerprint density at radius 1 is 0.905 bits per heavy atom. The fourth-order valence-electron chi connectivity index (χ4n) is 2.54. The van der Waals surface area contributed by atoms with Crippen molar-refractivity contribution in [3.63, 3.8) is 0 Å². The van der Waals surface area contributed by atoms with Gasteiger partial charge in [-0.05, 0) is 54.7 Å². The number of hydrogen-bond donors (Lipinski definition) is 1. The van der Waals surface area contributed by atoms with Crippen LogP contribution in [0.25, 0.3) is 0 Å². The summed E-state index contributed by atoms with van der Waals surface area (Å²) in [5.74, 6) is 0.462. The molecule has 0 radical (unpaired) electrons. The lowest BCUT2D eigenvalue weighted by atomic mass is 9.92. The third-order valence-corrected chi connectivity index (χ3v) is 4.47. The topological polar surface area (TPSA) is 12.0 Å². The van der Waals surface area contributed by atoms with Crippen LogP contribution in [0.1, 0.15) is 29.9 Å². The van der Waals surface area contributed by atoms with E-state index in [1.165, 1.54) is 24.0 Å². The summed E-state index contributed by atoms with van der Waals surface area (Å²) < 4.78 is 0. The van der Waals surface area contributed by atoms with E-state index >= 15 is 0 Å². The second-order valence-electron chi connectivity index (χ2n) is 5.76. The van der Waals surface area contributed by atoms with Crippen LogP contribution in [0.2, 0.25) is 10.0 Å². The molecule has 0 amide bonds. The molecule has 0 spiro atoms. The maximum atomic E-state index is 6.00. The summed E-state index contributed by atoms with van der Waals surface area (Å²) in [5, 5.41) is 5.22. The standard InChI is InChI=1S/C18H19Cl2N/c19-16-5-1-13(2-6-16)11-15(12-21-18-9-10-18)14-3-7-17(20)8-4-14/h1-8,15,18,21H,9-12H2. The molecular weight excluding hydrogens is 301 g/mol. The van der Waals surface area contributed by atoms with Crippen LogP contribution < -0.4 is 5.32 Å². The van der Waals surface area contributed by atoms with Gasteiger partial charge in [-0.15, -0.1) is 0 Å². The molecule has 1 fully saturated rings. The molecule has 1 nitrogen and oxygen atoms in total. The van der Waals surface area contributed by atoms with Gasteiger partial charge in [-0.25, -0.2) is 0 Å². The second-order valence-corrected chi connectivity index (χ2v) is 6.63. The van der Waals surface area contributed by atoms with Crippen LogP contribution in [0, 0.1) is 0 Å². The van der Waals surface area contributed by atoms with E-state index in [9.17, 15) is 0 Å². The highest BCUT2D eigenvalue weighted by Gasteiger charge is 2.22. The van der Waals surface area contributed by atoms with E-state index in [0.29, 0.717) is 5.92 Å². The van der Waals surface area contributed by atoms with Crippen LogP contribution in [0.15, 0.2) is 48.5 Å². The summed E-state index contributed by atoms with van der Waals surface area (Å²) in [5.41, 5.74) is 2.65. The maximum absolute atomic E-state index is 6.00. The Morgan fingerprint density at radius 3 is 2.05 bits per heavy atom. The van der Waals surface area contributed by atoms with Gasteiger partial charge in [-0.1, -0.05) is 47.5 Å². The van der Waals surface area contributed by atoms with Crippen LogP contribution in [0.4, 0.5) is 0 Å². The fraction of sp³-hybridized carbons (Fsp3) is 0.333. The SMILES string of the molecule is Clc1ccc(CC(CNC2CC2)c2ccc(Cl)cc2)cc1. The first-order valence-corrected chi connectivity index (χ1v) is 8.19. The molecule has 0 bridgehead atoms. The van der Waals surface area contributed by atoms with Gasteiger partial charge in [-0.2, -0.15) is 0 Å². The highest BCUT2D eigenvalue weighted by atomic mass is 35.5. The Kier molecular flexibility index (Phi) is 4.84. The predicted molar refractivity (Wildman–Crippen MR) is 90.4 cm³/mol. The van der Waals surface area contributed by atoms with Crippen LogP contribution in [-0.2, 0) is 6.42 Å². The summed E-state index contributed by atoms with van der Waals surface area (Å²) in [6, 6.07) is 17.1. The van der Waals surface area contributed by atoms with Crippen molar-refractivity contribution < 1.29 is 0 Å². The van der Waals surface area contributed by atoms with Crippen molar-refractivity contribution in [2.75, 3.05) is 6.54 Å². The average Bonchev–Trinajstić information content (AvgIpc) is 3.31. The van der Waals surface area contributed by atoms with Crippen molar-refractivity contribution in [3.8, 4) is 0 Å². The molecular formula is C18H19Cl2N. The summed E-state index contributed by atoms with van der Waals surface area (Å²) in [4.78, 5) is 0. The Balaban J connectivity index is 1.73. The van der Waals surface area contributed by atoms with E-state index < -0.39 is 0 Å². The minimum atomic E-state index is 0.462. The molecule has 1 N–H and O–H groups in total. The zero-order valence-electron chi connectivity index (χ0n) is 11.9. The van der Waals surface area contributed by atoms with E-state index in [0.717, 1.165) is 29.1 Å². The minimum Gasteiger partial charge on any atom is -0.313 e. The highest BCUT2D eigenvalue weighted by molar-refractivity contribution is 6.30. The predicted octanol–water partition coefficient (Wildman–Crippen LogP) is 5.07. The van der Waals surface area contributed by atoms with Crippen LogP contribution in [0.3, 0.4) is 0 Å². The lowest BCUT2D eigenvalue weighted by molar-refractivity contribution is 0.577. The van der Waals surface area contributed by atoms with Crippen molar-refractivity contribution in [2.45, 2.75) is 31.2 Å². The number of nitrogens with one attached hydrogen (secondary N) is 1. The maximum Gasteiger partial charge on any atom is 0.0406 e. The van der Waals surface area contributed by atoms with Crippen LogP contribution >= 0.6 is 23.2 Å². The van der Waals surface area contributed by atoms with Crippen molar-refractivity contribution >= 4 is 23.2 Å². The zero-order chi connectivity index (χ0) is 14.7. The Hall–Kier alpha value is -1.02. The molecule has 1 aliphatic rings. The largest absolute Gasteiger partial charge is 0.313 e. The van der Waals surface area contributed by atoms with Gasteiger partial charge < -0.3 is 5.32 Å². The number of hydrogen-bond acceptors (Lipinski definition) is 1. The van der Waals surface area contributed by atoms with Crippen molar-refractivity contribution in [1.29, 1.82) is 0 Å². The van der Waals surface area contributed by atoms with Crippen molar-refractivity contribution in [2.24, 2.45) is 0 Å². The number of benzene rings is 2. The smallest absolute Gasteiger partial charge is 0.0406 e. The first-order chi connectivity index (χ1) is 10.2. The van der Waals surface area contributed by atoms with Gasteiger partial charge in [0.2, 0.25) is 0 Å². The molecule has 2 aromatic carbocycles. The van der Waals surface area contributed by atoms with Crippen molar-refractivity contribution in [3.05, 3.63) is 69.7 Å². The molecule has 21 heavy (non-hydrogen) atoms. The summed E-state index contributed by atoms with van der Waals surface area (Å²) in [6.07, 6.45) is 3.64. The van der Waals surface area contributed by atoms with Crippen LogP contribution in [-0.4, -0.2) is 12.6 Å². The van der Waals surface area contributed by atoms with E-state index in [-0.39, 0.29) is 0 Å². The lowest BCUT2D eigenvalue weighted by Gasteiger charge is -2.18. The van der Waals surface area contributed by atoms with E-state index in [4.69, 9.17) is 23.2 Å². The van der Waals surface area contributed by atoms with Gasteiger partial charge in [0.25, 0.3) is 0 Å². The Labute approximate surface area is 136 Å². The van der Waals surface area contributed by atoms with E-state index in [2.05, 4.69) is 29.6 Å². The van der Waals surface area contributed by atoms with Gasteiger partial charge in [0.15, 0.2) is 0 Å². The Morgan fingerprint density at radius 2 is 1.48 bits per heavy atom. The molecule has 1 saturated carbocycles. The van der Waals surface area contributed by atoms with Gasteiger partial charge in [0, 0.05) is 28.5 Å². The van der Waals surface area contributed by atoms with Crippen LogP contribution in [0.5, 0.6) is 0 Å². The minimum absolute atomic E-state index is 0.462. The normalized spacial score (nSPS) is 15.9. The summed E-state index contributed by atoms with van der Waals surface area (Å²) in [7, 11) is 0. The van der Waals surface area contributed by atoms with Crippen molar-refractivity contribution in [1.82, 2.24) is 5.32 Å². The van der Waals surface area contributed by atoms with Gasteiger partial charge >= 0.3 is 0 Å². The zero-order valence-corrected chi connectivity index (χ0v) is 13.4. The summed E-state index contributed by atoms with van der Waals surface area (Å²) in [6.45, 7) is 1.01. The lowest BCUT2D eigenvalue weighted by Crippen LogP contribution is -2.24. The monoisotopic (exact) mass is 319 g/mol. The van der Waals surface area contributed by atoms with Gasteiger partial charge in [0.1, 0.15) is 0 Å². The second kappa shape index (κ2) is 6.83.